The van der Waals surface area contributed by atoms with Crippen LogP contribution < -0.4 is 5.32 Å². The van der Waals surface area contributed by atoms with E-state index in [1.54, 1.807) is 23.0 Å². The zero-order valence-corrected chi connectivity index (χ0v) is 12.5. The second kappa shape index (κ2) is 5.88. The number of imidazole rings is 1. The Balaban J connectivity index is 1.65. The number of aromatic nitrogens is 3. The number of nitrogens with one attached hydrogen (secondary N) is 1. The van der Waals surface area contributed by atoms with Crippen LogP contribution in [0.3, 0.4) is 0 Å². The van der Waals surface area contributed by atoms with E-state index in [0.29, 0.717) is 28.4 Å². The standard InChI is InChI=1S/C13H15BrN4O2/c14-11-8-18-7-10(17-12(18)6-15-11)13(19)16-5-9-1-3-20-4-2-9/h6-9H,1-5H2,(H,16,19). The largest absolute Gasteiger partial charge is 0.381 e. The Labute approximate surface area is 124 Å². The molecule has 106 valence electrons. The van der Waals surface area contributed by atoms with E-state index >= 15 is 0 Å². The molecule has 1 N–H and O–H groups in total. The first-order valence-corrected chi connectivity index (χ1v) is 7.38. The summed E-state index contributed by atoms with van der Waals surface area (Å²) >= 11 is 3.29. The first-order chi connectivity index (χ1) is 9.72. The Kier molecular flexibility index (Phi) is 3.98. The highest BCUT2D eigenvalue weighted by atomic mass is 79.9. The quantitative estimate of drug-likeness (QED) is 0.923. The summed E-state index contributed by atoms with van der Waals surface area (Å²) in [4.78, 5) is 20.4. The van der Waals surface area contributed by atoms with Gasteiger partial charge in [0, 0.05) is 32.2 Å². The van der Waals surface area contributed by atoms with Gasteiger partial charge in [-0.25, -0.2) is 9.97 Å². The molecule has 0 atom stereocenters. The fourth-order valence-corrected chi connectivity index (χ4v) is 2.58. The van der Waals surface area contributed by atoms with E-state index in [1.807, 2.05) is 0 Å². The summed E-state index contributed by atoms with van der Waals surface area (Å²) in [5.41, 5.74) is 1.07. The summed E-state index contributed by atoms with van der Waals surface area (Å²) in [6.45, 7) is 2.25. The van der Waals surface area contributed by atoms with Crippen LogP contribution in [0.15, 0.2) is 23.2 Å². The number of halogens is 1. The predicted octanol–water partition coefficient (Wildman–Crippen LogP) is 1.65. The van der Waals surface area contributed by atoms with Crippen LogP contribution in [0, 0.1) is 5.92 Å². The minimum atomic E-state index is -0.142. The molecular formula is C13H15BrN4O2. The van der Waals surface area contributed by atoms with Crippen molar-refractivity contribution in [3.05, 3.63) is 28.9 Å². The molecule has 20 heavy (non-hydrogen) atoms. The summed E-state index contributed by atoms with van der Waals surface area (Å²) in [6, 6.07) is 0. The summed E-state index contributed by atoms with van der Waals surface area (Å²) in [7, 11) is 0. The van der Waals surface area contributed by atoms with Crippen LogP contribution in [0.25, 0.3) is 5.65 Å². The Morgan fingerprint density at radius 3 is 3.05 bits per heavy atom. The van der Waals surface area contributed by atoms with Crippen molar-refractivity contribution >= 4 is 27.5 Å². The van der Waals surface area contributed by atoms with E-state index < -0.39 is 0 Å². The third kappa shape index (κ3) is 2.99. The van der Waals surface area contributed by atoms with Crippen LogP contribution in [0.1, 0.15) is 23.3 Å². The molecule has 0 radical (unpaired) electrons. The fourth-order valence-electron chi connectivity index (χ4n) is 2.26. The molecule has 7 heteroatoms. The van der Waals surface area contributed by atoms with Gasteiger partial charge in [-0.1, -0.05) is 0 Å². The van der Waals surface area contributed by atoms with E-state index in [9.17, 15) is 4.79 Å². The molecule has 1 aliphatic rings. The molecule has 3 rings (SSSR count). The lowest BCUT2D eigenvalue weighted by Crippen LogP contribution is -2.32. The smallest absolute Gasteiger partial charge is 0.271 e. The fraction of sp³-hybridized carbons (Fsp3) is 0.462. The molecule has 6 nitrogen and oxygen atoms in total. The highest BCUT2D eigenvalue weighted by Gasteiger charge is 2.16. The Morgan fingerprint density at radius 1 is 1.45 bits per heavy atom. The topological polar surface area (TPSA) is 68.5 Å². The van der Waals surface area contributed by atoms with Crippen molar-refractivity contribution < 1.29 is 9.53 Å². The maximum Gasteiger partial charge on any atom is 0.271 e. The lowest BCUT2D eigenvalue weighted by molar-refractivity contribution is 0.0642. The van der Waals surface area contributed by atoms with E-state index in [1.165, 1.54) is 0 Å². The van der Waals surface area contributed by atoms with Crippen molar-refractivity contribution in [2.75, 3.05) is 19.8 Å². The lowest BCUT2D eigenvalue weighted by atomic mass is 10.0. The molecule has 0 unspecified atom stereocenters. The predicted molar refractivity (Wildman–Crippen MR) is 76.6 cm³/mol. The van der Waals surface area contributed by atoms with Gasteiger partial charge in [-0.05, 0) is 34.7 Å². The monoisotopic (exact) mass is 338 g/mol. The van der Waals surface area contributed by atoms with Crippen LogP contribution in [0.2, 0.25) is 0 Å². The van der Waals surface area contributed by atoms with Crippen molar-refractivity contribution in [1.82, 2.24) is 19.7 Å². The van der Waals surface area contributed by atoms with Gasteiger partial charge < -0.3 is 14.5 Å². The van der Waals surface area contributed by atoms with Gasteiger partial charge >= 0.3 is 0 Å². The van der Waals surface area contributed by atoms with Gasteiger partial charge in [0.25, 0.3) is 5.91 Å². The number of rotatable bonds is 3. The number of amides is 1. The van der Waals surface area contributed by atoms with Gasteiger partial charge in [0.2, 0.25) is 0 Å². The summed E-state index contributed by atoms with van der Waals surface area (Å²) < 4.78 is 7.79. The zero-order valence-electron chi connectivity index (χ0n) is 10.9. The lowest BCUT2D eigenvalue weighted by Gasteiger charge is -2.21. The van der Waals surface area contributed by atoms with Gasteiger partial charge in [0.1, 0.15) is 10.3 Å². The van der Waals surface area contributed by atoms with Gasteiger partial charge in [0.15, 0.2) is 5.65 Å². The molecule has 2 aromatic rings. The maximum absolute atomic E-state index is 12.1. The van der Waals surface area contributed by atoms with E-state index in [2.05, 4.69) is 31.2 Å². The first kappa shape index (κ1) is 13.5. The molecule has 0 saturated carbocycles. The third-order valence-electron chi connectivity index (χ3n) is 3.43. The Morgan fingerprint density at radius 2 is 2.25 bits per heavy atom. The Hall–Kier alpha value is -1.47. The van der Waals surface area contributed by atoms with Crippen LogP contribution in [-0.2, 0) is 4.74 Å². The minimum Gasteiger partial charge on any atom is -0.381 e. The molecule has 0 aromatic carbocycles. The van der Waals surface area contributed by atoms with Crippen molar-refractivity contribution in [3.63, 3.8) is 0 Å². The summed E-state index contributed by atoms with van der Waals surface area (Å²) in [5.74, 6) is 0.358. The van der Waals surface area contributed by atoms with Crippen molar-refractivity contribution in [2.24, 2.45) is 5.92 Å². The van der Waals surface area contributed by atoms with Gasteiger partial charge in [-0.2, -0.15) is 0 Å². The highest BCUT2D eigenvalue weighted by Crippen LogP contribution is 2.14. The van der Waals surface area contributed by atoms with Gasteiger partial charge in [-0.15, -0.1) is 0 Å². The average Bonchev–Trinajstić information content (AvgIpc) is 2.89. The number of hydrogen-bond acceptors (Lipinski definition) is 4. The molecule has 1 fully saturated rings. The summed E-state index contributed by atoms with van der Waals surface area (Å²) in [6.07, 6.45) is 7.11. The molecule has 1 aliphatic heterocycles. The number of hydrogen-bond donors (Lipinski definition) is 1. The van der Waals surface area contributed by atoms with E-state index in [-0.39, 0.29) is 5.91 Å². The number of carbonyl (C=O) groups excluding carboxylic acids is 1. The van der Waals surface area contributed by atoms with Crippen LogP contribution in [0.5, 0.6) is 0 Å². The molecule has 1 saturated heterocycles. The number of carbonyl (C=O) groups is 1. The minimum absolute atomic E-state index is 0.142. The maximum atomic E-state index is 12.1. The molecule has 0 bridgehead atoms. The highest BCUT2D eigenvalue weighted by molar-refractivity contribution is 9.10. The molecular weight excluding hydrogens is 324 g/mol. The third-order valence-corrected chi connectivity index (χ3v) is 3.84. The number of ether oxygens (including phenoxy) is 1. The van der Waals surface area contributed by atoms with Crippen LogP contribution in [0.4, 0.5) is 0 Å². The number of nitrogens with zero attached hydrogens (tertiary/aromatic N) is 3. The molecule has 0 spiro atoms. The molecule has 2 aromatic heterocycles. The van der Waals surface area contributed by atoms with Crippen LogP contribution in [-0.4, -0.2) is 40.0 Å². The molecule has 1 amide bonds. The van der Waals surface area contributed by atoms with Crippen molar-refractivity contribution in [1.29, 1.82) is 0 Å². The molecule has 3 heterocycles. The number of fused-ring (bicyclic) bond motifs is 1. The normalized spacial score (nSPS) is 16.4. The van der Waals surface area contributed by atoms with E-state index in [0.717, 1.165) is 26.1 Å². The SMILES string of the molecule is O=C(NCC1CCOCC1)c1cn2cc(Br)ncc2n1. The zero-order chi connectivity index (χ0) is 13.9. The second-order valence-corrected chi connectivity index (χ2v) is 5.68. The first-order valence-electron chi connectivity index (χ1n) is 6.58. The average molecular weight is 339 g/mol. The Bertz CT molecular complexity index is 622. The van der Waals surface area contributed by atoms with Crippen molar-refractivity contribution in [2.45, 2.75) is 12.8 Å². The molecule has 0 aliphatic carbocycles. The van der Waals surface area contributed by atoms with Gasteiger partial charge in [-0.3, -0.25) is 4.79 Å². The summed E-state index contributed by atoms with van der Waals surface area (Å²) in [5, 5.41) is 2.94. The van der Waals surface area contributed by atoms with Crippen molar-refractivity contribution in [3.8, 4) is 0 Å². The van der Waals surface area contributed by atoms with Crippen LogP contribution >= 0.6 is 15.9 Å². The second-order valence-electron chi connectivity index (χ2n) is 4.87. The van der Waals surface area contributed by atoms with Gasteiger partial charge in [0.05, 0.1) is 6.20 Å². The van der Waals surface area contributed by atoms with E-state index in [4.69, 9.17) is 4.74 Å².